The van der Waals surface area contributed by atoms with E-state index in [-0.39, 0.29) is 22.9 Å². The second-order valence-corrected chi connectivity index (χ2v) is 4.55. The van der Waals surface area contributed by atoms with Gasteiger partial charge in [-0.15, -0.1) is 0 Å². The maximum atomic E-state index is 11.1. The van der Waals surface area contributed by atoms with Crippen LogP contribution in [0.1, 0.15) is 24.3 Å². The molecule has 0 saturated carbocycles. The van der Waals surface area contributed by atoms with Crippen LogP contribution in [0.3, 0.4) is 0 Å². The number of aliphatic hydroxyl groups excluding tert-OH is 2. The van der Waals surface area contributed by atoms with Gasteiger partial charge in [0.05, 0.1) is 24.1 Å². The quantitative estimate of drug-likeness (QED) is 0.455. The second-order valence-electron chi connectivity index (χ2n) is 3.45. The Hall–Kier alpha value is -1.51. The summed E-state index contributed by atoms with van der Waals surface area (Å²) in [6.07, 6.45) is -3.05. The lowest BCUT2D eigenvalue weighted by atomic mass is 10.1. The van der Waals surface area contributed by atoms with Crippen molar-refractivity contribution in [2.45, 2.75) is 25.6 Å². The normalized spacial score (nSPS) is 13.9. The summed E-state index contributed by atoms with van der Waals surface area (Å²) >= 11 is 0.757. The molecular formula is C10H13NO6S. The largest absolute Gasteiger partial charge is 0.466 e. The predicted molar refractivity (Wildman–Crippen MR) is 63.2 cm³/mol. The molecule has 0 radical (unpaired) electrons. The van der Waals surface area contributed by atoms with Gasteiger partial charge in [0.15, 0.2) is 0 Å². The van der Waals surface area contributed by atoms with E-state index in [0.717, 1.165) is 11.3 Å². The molecule has 2 N–H and O–H groups in total. The zero-order chi connectivity index (χ0) is 13.7. The van der Waals surface area contributed by atoms with Crippen LogP contribution in [0.4, 0.5) is 5.00 Å². The molecule has 1 rings (SSSR count). The highest BCUT2D eigenvalue weighted by Crippen LogP contribution is 2.31. The Balaban J connectivity index is 2.64. The highest BCUT2D eigenvalue weighted by atomic mass is 32.1. The van der Waals surface area contributed by atoms with Gasteiger partial charge in [-0.1, -0.05) is 11.3 Å². The highest BCUT2D eigenvalue weighted by Gasteiger charge is 2.25. The summed E-state index contributed by atoms with van der Waals surface area (Å²) in [5.74, 6) is -0.630. The summed E-state index contributed by atoms with van der Waals surface area (Å²) in [4.78, 5) is 21.2. The van der Waals surface area contributed by atoms with Gasteiger partial charge in [0.1, 0.15) is 6.10 Å². The van der Waals surface area contributed by atoms with Crippen molar-refractivity contribution in [1.82, 2.24) is 0 Å². The molecule has 2 atom stereocenters. The van der Waals surface area contributed by atoms with Gasteiger partial charge < -0.3 is 14.9 Å². The van der Waals surface area contributed by atoms with E-state index < -0.39 is 23.1 Å². The van der Waals surface area contributed by atoms with Crippen molar-refractivity contribution in [3.8, 4) is 0 Å². The first-order valence-corrected chi connectivity index (χ1v) is 6.03. The first-order chi connectivity index (χ1) is 8.45. The Kier molecular flexibility index (Phi) is 5.20. The lowest BCUT2D eigenvalue weighted by Gasteiger charge is -2.15. The number of aliphatic hydroxyl groups is 2. The number of esters is 1. The summed E-state index contributed by atoms with van der Waals surface area (Å²) in [5, 5.41) is 29.7. The van der Waals surface area contributed by atoms with Crippen LogP contribution in [-0.2, 0) is 9.53 Å². The van der Waals surface area contributed by atoms with Crippen LogP contribution in [-0.4, -0.2) is 33.8 Å². The van der Waals surface area contributed by atoms with Crippen LogP contribution >= 0.6 is 11.3 Å². The Labute approximate surface area is 107 Å². The van der Waals surface area contributed by atoms with Crippen molar-refractivity contribution >= 4 is 22.3 Å². The number of ether oxygens (including phenoxy) is 1. The highest BCUT2D eigenvalue weighted by molar-refractivity contribution is 7.15. The first kappa shape index (κ1) is 14.6. The van der Waals surface area contributed by atoms with E-state index in [1.165, 1.54) is 12.1 Å². The van der Waals surface area contributed by atoms with E-state index >= 15 is 0 Å². The van der Waals surface area contributed by atoms with Crippen molar-refractivity contribution in [3.63, 3.8) is 0 Å². The monoisotopic (exact) mass is 275 g/mol. The number of thiophene rings is 1. The van der Waals surface area contributed by atoms with Gasteiger partial charge in [-0.3, -0.25) is 14.9 Å². The van der Waals surface area contributed by atoms with Crippen molar-refractivity contribution in [3.05, 3.63) is 27.1 Å². The predicted octanol–water partition coefficient (Wildman–Crippen LogP) is 1.00. The third kappa shape index (κ3) is 3.76. The standard InChI is InChI=1S/C10H13NO6S/c1-2-17-9(13)5-6(12)10(14)7-3-4-8(18-7)11(15)16/h3-4,6,10,12,14H,2,5H2,1H3. The molecule has 1 aromatic rings. The maximum Gasteiger partial charge on any atom is 0.324 e. The van der Waals surface area contributed by atoms with Gasteiger partial charge in [-0.05, 0) is 13.0 Å². The average Bonchev–Trinajstić information content (AvgIpc) is 2.77. The van der Waals surface area contributed by atoms with E-state index in [9.17, 15) is 25.1 Å². The zero-order valence-corrected chi connectivity index (χ0v) is 10.4. The molecular weight excluding hydrogens is 262 g/mol. The topological polar surface area (TPSA) is 110 Å². The molecule has 0 aliphatic rings. The van der Waals surface area contributed by atoms with Gasteiger partial charge in [-0.25, -0.2) is 0 Å². The number of rotatable bonds is 6. The Morgan fingerprint density at radius 2 is 2.22 bits per heavy atom. The number of carbonyl (C=O) groups is 1. The van der Waals surface area contributed by atoms with Crippen molar-refractivity contribution in [2.75, 3.05) is 6.61 Å². The lowest BCUT2D eigenvalue weighted by Crippen LogP contribution is -2.22. The number of nitrogens with zero attached hydrogens (tertiary/aromatic N) is 1. The van der Waals surface area contributed by atoms with Crippen molar-refractivity contribution in [2.24, 2.45) is 0 Å². The molecule has 100 valence electrons. The second kappa shape index (κ2) is 6.43. The molecule has 1 aromatic heterocycles. The van der Waals surface area contributed by atoms with E-state index in [0.29, 0.717) is 0 Å². The number of hydrogen-bond acceptors (Lipinski definition) is 7. The fraction of sp³-hybridized carbons (Fsp3) is 0.500. The van der Waals surface area contributed by atoms with Gasteiger partial charge in [0.2, 0.25) is 0 Å². The van der Waals surface area contributed by atoms with Crippen molar-refractivity contribution < 1.29 is 24.7 Å². The first-order valence-electron chi connectivity index (χ1n) is 5.21. The Morgan fingerprint density at radius 1 is 1.56 bits per heavy atom. The van der Waals surface area contributed by atoms with Gasteiger partial charge in [0.25, 0.3) is 0 Å². The summed E-state index contributed by atoms with van der Waals surface area (Å²) in [7, 11) is 0. The van der Waals surface area contributed by atoms with Crippen LogP contribution in [0, 0.1) is 10.1 Å². The molecule has 0 aliphatic carbocycles. The molecule has 7 nitrogen and oxygen atoms in total. The fourth-order valence-electron chi connectivity index (χ4n) is 1.29. The van der Waals surface area contributed by atoms with Crippen LogP contribution in [0.5, 0.6) is 0 Å². The maximum absolute atomic E-state index is 11.1. The van der Waals surface area contributed by atoms with Crippen LogP contribution in [0.15, 0.2) is 12.1 Å². The Bertz CT molecular complexity index is 432. The van der Waals surface area contributed by atoms with Gasteiger partial charge >= 0.3 is 11.0 Å². The molecule has 0 aromatic carbocycles. The molecule has 18 heavy (non-hydrogen) atoms. The average molecular weight is 275 g/mol. The third-order valence-corrected chi connectivity index (χ3v) is 3.24. The minimum atomic E-state index is -1.35. The third-order valence-electron chi connectivity index (χ3n) is 2.13. The molecule has 0 fully saturated rings. The van der Waals surface area contributed by atoms with Crippen LogP contribution in [0.25, 0.3) is 0 Å². The summed E-state index contributed by atoms with van der Waals surface area (Å²) in [6.45, 7) is 1.81. The minimum absolute atomic E-state index is 0.132. The lowest BCUT2D eigenvalue weighted by molar-refractivity contribution is -0.380. The number of carbonyl (C=O) groups excluding carboxylic acids is 1. The summed E-state index contributed by atoms with van der Waals surface area (Å²) in [5.41, 5.74) is 0. The van der Waals surface area contributed by atoms with E-state index in [1.54, 1.807) is 6.92 Å². The molecule has 0 aliphatic heterocycles. The van der Waals surface area contributed by atoms with E-state index in [2.05, 4.69) is 4.74 Å². The van der Waals surface area contributed by atoms with Crippen molar-refractivity contribution in [1.29, 1.82) is 0 Å². The summed E-state index contributed by atoms with van der Waals surface area (Å²) < 4.78 is 4.63. The van der Waals surface area contributed by atoms with Gasteiger partial charge in [-0.2, -0.15) is 0 Å². The van der Waals surface area contributed by atoms with Crippen LogP contribution < -0.4 is 0 Å². The molecule has 0 bridgehead atoms. The summed E-state index contributed by atoms with van der Waals surface area (Å²) in [6, 6.07) is 2.59. The zero-order valence-electron chi connectivity index (χ0n) is 9.61. The number of hydrogen-bond donors (Lipinski definition) is 2. The van der Waals surface area contributed by atoms with Crippen LogP contribution in [0.2, 0.25) is 0 Å². The van der Waals surface area contributed by atoms with Gasteiger partial charge in [0, 0.05) is 10.9 Å². The SMILES string of the molecule is CCOC(=O)CC(O)C(O)c1ccc([N+](=O)[O-])s1. The molecule has 0 saturated heterocycles. The van der Waals surface area contributed by atoms with E-state index in [1.807, 2.05) is 0 Å². The molecule has 8 heteroatoms. The molecule has 1 heterocycles. The fourth-order valence-corrected chi connectivity index (χ4v) is 2.16. The smallest absolute Gasteiger partial charge is 0.324 e. The minimum Gasteiger partial charge on any atom is -0.466 e. The Morgan fingerprint density at radius 3 is 2.72 bits per heavy atom. The molecule has 0 spiro atoms. The van der Waals surface area contributed by atoms with E-state index in [4.69, 9.17) is 0 Å². The molecule has 2 unspecified atom stereocenters. The molecule has 0 amide bonds. The number of nitro groups is 1.